The normalized spacial score (nSPS) is 14.2. The molecule has 1 aliphatic heterocycles. The van der Waals surface area contributed by atoms with Crippen LogP contribution < -0.4 is 0 Å². The van der Waals surface area contributed by atoms with Crippen molar-refractivity contribution in [3.8, 4) is 11.3 Å². The Morgan fingerprint density at radius 2 is 2.28 bits per heavy atom. The molecule has 1 aliphatic rings. The zero-order valence-corrected chi connectivity index (χ0v) is 9.97. The summed E-state index contributed by atoms with van der Waals surface area (Å²) >= 11 is 0. The lowest BCUT2D eigenvalue weighted by molar-refractivity contribution is 0.0697. The van der Waals surface area contributed by atoms with Crippen molar-refractivity contribution in [2.24, 2.45) is 0 Å². The Balaban J connectivity index is 2.23. The molecule has 2 aromatic rings. The molecule has 3 heterocycles. The Morgan fingerprint density at radius 1 is 1.39 bits per heavy atom. The Hall–Kier alpha value is -2.10. The molecule has 0 saturated carbocycles. The first-order chi connectivity index (χ1) is 8.77. The summed E-state index contributed by atoms with van der Waals surface area (Å²) in [5.74, 6) is -0.865. The number of carboxylic acids is 1. The van der Waals surface area contributed by atoms with Crippen molar-refractivity contribution in [1.29, 1.82) is 0 Å². The third-order valence-electron chi connectivity index (χ3n) is 3.41. The Labute approximate surface area is 105 Å². The quantitative estimate of drug-likeness (QED) is 0.880. The number of aromatic nitrogens is 2. The van der Waals surface area contributed by atoms with Gasteiger partial charge < -0.3 is 9.67 Å². The summed E-state index contributed by atoms with van der Waals surface area (Å²) in [6, 6.07) is 5.56. The number of aryl methyl sites for hydroxylation is 1. The summed E-state index contributed by atoms with van der Waals surface area (Å²) in [4.78, 5) is 15.5. The van der Waals surface area contributed by atoms with Gasteiger partial charge in [0, 0.05) is 30.2 Å². The highest BCUT2D eigenvalue weighted by molar-refractivity contribution is 5.95. The Morgan fingerprint density at radius 3 is 3.00 bits per heavy atom. The van der Waals surface area contributed by atoms with Gasteiger partial charge in [-0.2, -0.15) is 0 Å². The third kappa shape index (κ3) is 1.70. The van der Waals surface area contributed by atoms with Crippen molar-refractivity contribution in [2.45, 2.75) is 25.8 Å². The van der Waals surface area contributed by atoms with E-state index in [9.17, 15) is 9.90 Å². The summed E-state index contributed by atoms with van der Waals surface area (Å²) in [5, 5.41) is 9.34. The lowest BCUT2D eigenvalue weighted by Crippen LogP contribution is -2.11. The molecule has 3 rings (SSSR count). The van der Waals surface area contributed by atoms with Crippen LogP contribution in [0.1, 0.15) is 28.9 Å². The van der Waals surface area contributed by atoms with E-state index >= 15 is 0 Å². The predicted octanol–water partition coefficient (Wildman–Crippen LogP) is 2.58. The molecule has 0 bridgehead atoms. The number of carboxylic acid groups (broad SMARTS) is 1. The minimum absolute atomic E-state index is 0.389. The van der Waals surface area contributed by atoms with E-state index in [2.05, 4.69) is 9.55 Å². The van der Waals surface area contributed by atoms with E-state index < -0.39 is 5.97 Å². The van der Waals surface area contributed by atoms with Crippen LogP contribution in [0.2, 0.25) is 0 Å². The average molecular weight is 242 g/mol. The Kier molecular flexibility index (Phi) is 2.63. The maximum absolute atomic E-state index is 11.4. The van der Waals surface area contributed by atoms with E-state index in [1.165, 1.54) is 0 Å². The van der Waals surface area contributed by atoms with E-state index in [0.717, 1.165) is 42.8 Å². The van der Waals surface area contributed by atoms with Gasteiger partial charge in [0.05, 0.1) is 11.3 Å². The molecule has 0 atom stereocenters. The van der Waals surface area contributed by atoms with Crippen LogP contribution in [-0.2, 0) is 13.0 Å². The highest BCUT2D eigenvalue weighted by atomic mass is 16.4. The van der Waals surface area contributed by atoms with E-state index in [1.807, 2.05) is 18.2 Å². The lowest BCUT2D eigenvalue weighted by atomic mass is 10.1. The van der Waals surface area contributed by atoms with E-state index in [1.54, 1.807) is 12.4 Å². The van der Waals surface area contributed by atoms with Crippen LogP contribution in [0.3, 0.4) is 0 Å². The summed E-state index contributed by atoms with van der Waals surface area (Å²) < 4.78 is 2.13. The molecular formula is C14H14N2O2. The maximum atomic E-state index is 11.4. The van der Waals surface area contributed by atoms with E-state index in [0.29, 0.717) is 5.56 Å². The number of hydrogen-bond donors (Lipinski definition) is 1. The van der Waals surface area contributed by atoms with E-state index in [-0.39, 0.29) is 0 Å². The average Bonchev–Trinajstić information content (AvgIpc) is 2.79. The van der Waals surface area contributed by atoms with Gasteiger partial charge in [-0.3, -0.25) is 4.98 Å². The van der Waals surface area contributed by atoms with Gasteiger partial charge >= 0.3 is 5.97 Å². The van der Waals surface area contributed by atoms with E-state index in [4.69, 9.17) is 0 Å². The highest BCUT2D eigenvalue weighted by Crippen LogP contribution is 2.30. The molecule has 1 N–H and O–H groups in total. The number of fused-ring (bicyclic) bond motifs is 1. The third-order valence-corrected chi connectivity index (χ3v) is 3.41. The van der Waals surface area contributed by atoms with Gasteiger partial charge in [0.25, 0.3) is 0 Å². The molecule has 18 heavy (non-hydrogen) atoms. The molecule has 0 spiro atoms. The standard InChI is InChI=1S/C14H14N2O2/c17-14(18)12-8-11-5-1-2-7-16(11)13(12)10-4-3-6-15-9-10/h3-4,6,8-9H,1-2,5,7H2,(H,17,18). The van der Waals surface area contributed by atoms with Crippen molar-refractivity contribution in [3.05, 3.63) is 41.9 Å². The van der Waals surface area contributed by atoms with Gasteiger partial charge in [-0.25, -0.2) is 4.79 Å². The minimum atomic E-state index is -0.865. The maximum Gasteiger partial charge on any atom is 0.337 e. The molecule has 4 heteroatoms. The fraction of sp³-hybridized carbons (Fsp3) is 0.286. The van der Waals surface area contributed by atoms with Crippen molar-refractivity contribution in [1.82, 2.24) is 9.55 Å². The summed E-state index contributed by atoms with van der Waals surface area (Å²) in [5.41, 5.74) is 3.19. The van der Waals surface area contributed by atoms with Gasteiger partial charge in [-0.05, 0) is 37.5 Å². The number of carbonyl (C=O) groups is 1. The first-order valence-electron chi connectivity index (χ1n) is 6.13. The first-order valence-corrected chi connectivity index (χ1v) is 6.13. The molecule has 0 radical (unpaired) electrons. The fourth-order valence-electron chi connectivity index (χ4n) is 2.62. The van der Waals surface area contributed by atoms with Crippen molar-refractivity contribution >= 4 is 5.97 Å². The summed E-state index contributed by atoms with van der Waals surface area (Å²) in [6.45, 7) is 0.896. The summed E-state index contributed by atoms with van der Waals surface area (Å²) in [6.07, 6.45) is 6.62. The molecule has 2 aromatic heterocycles. The van der Waals surface area contributed by atoms with Crippen LogP contribution in [0.25, 0.3) is 11.3 Å². The monoisotopic (exact) mass is 242 g/mol. The SMILES string of the molecule is O=C(O)c1cc2n(c1-c1cccnc1)CCCC2. The number of rotatable bonds is 2. The van der Waals surface area contributed by atoms with Crippen LogP contribution >= 0.6 is 0 Å². The molecule has 0 aromatic carbocycles. The van der Waals surface area contributed by atoms with Crippen LogP contribution in [0, 0.1) is 0 Å². The number of hydrogen-bond acceptors (Lipinski definition) is 2. The molecular weight excluding hydrogens is 228 g/mol. The Bertz CT molecular complexity index is 587. The van der Waals surface area contributed by atoms with Crippen LogP contribution in [0.4, 0.5) is 0 Å². The van der Waals surface area contributed by atoms with Gasteiger partial charge in [0.2, 0.25) is 0 Å². The van der Waals surface area contributed by atoms with Crippen LogP contribution in [0.15, 0.2) is 30.6 Å². The largest absolute Gasteiger partial charge is 0.478 e. The van der Waals surface area contributed by atoms with Crippen molar-refractivity contribution in [2.75, 3.05) is 0 Å². The fourth-order valence-corrected chi connectivity index (χ4v) is 2.62. The van der Waals surface area contributed by atoms with Crippen molar-refractivity contribution < 1.29 is 9.90 Å². The molecule has 4 nitrogen and oxygen atoms in total. The zero-order valence-electron chi connectivity index (χ0n) is 9.97. The second kappa shape index (κ2) is 4.29. The molecule has 92 valence electrons. The van der Waals surface area contributed by atoms with Gasteiger partial charge in [-0.1, -0.05) is 0 Å². The number of aromatic carboxylic acids is 1. The second-order valence-corrected chi connectivity index (χ2v) is 4.55. The van der Waals surface area contributed by atoms with Gasteiger partial charge in [0.15, 0.2) is 0 Å². The lowest BCUT2D eigenvalue weighted by Gasteiger charge is -2.18. The highest BCUT2D eigenvalue weighted by Gasteiger charge is 2.22. The first kappa shape index (κ1) is 11.0. The predicted molar refractivity (Wildman–Crippen MR) is 67.6 cm³/mol. The zero-order chi connectivity index (χ0) is 12.5. The molecule has 0 aliphatic carbocycles. The topological polar surface area (TPSA) is 55.1 Å². The van der Waals surface area contributed by atoms with Crippen LogP contribution in [0.5, 0.6) is 0 Å². The minimum Gasteiger partial charge on any atom is -0.478 e. The molecule has 0 amide bonds. The van der Waals surface area contributed by atoms with Gasteiger partial charge in [-0.15, -0.1) is 0 Å². The smallest absolute Gasteiger partial charge is 0.337 e. The molecule has 0 unspecified atom stereocenters. The second-order valence-electron chi connectivity index (χ2n) is 4.55. The molecule has 0 saturated heterocycles. The number of pyridine rings is 1. The molecule has 0 fully saturated rings. The summed E-state index contributed by atoms with van der Waals surface area (Å²) in [7, 11) is 0. The van der Waals surface area contributed by atoms with Crippen molar-refractivity contribution in [3.63, 3.8) is 0 Å². The van der Waals surface area contributed by atoms with Gasteiger partial charge in [0.1, 0.15) is 0 Å². The number of nitrogens with zero attached hydrogens (tertiary/aromatic N) is 2. The van der Waals surface area contributed by atoms with Crippen LogP contribution in [-0.4, -0.2) is 20.6 Å².